The summed E-state index contributed by atoms with van der Waals surface area (Å²) in [6.45, 7) is 0.922. The van der Waals surface area contributed by atoms with E-state index in [0.29, 0.717) is 24.3 Å². The van der Waals surface area contributed by atoms with Crippen molar-refractivity contribution in [3.63, 3.8) is 0 Å². The van der Waals surface area contributed by atoms with Gasteiger partial charge in [-0.25, -0.2) is 4.98 Å². The second-order valence-electron chi connectivity index (χ2n) is 6.24. The molecule has 1 aromatic carbocycles. The fraction of sp³-hybridized carbons (Fsp3) is 0.412. The lowest BCUT2D eigenvalue weighted by atomic mass is 10.0. The minimum atomic E-state index is -4.46. The molecule has 0 radical (unpaired) electrons. The van der Waals surface area contributed by atoms with Gasteiger partial charge in [0.15, 0.2) is 5.69 Å². The average molecular weight is 335 g/mol. The Balaban J connectivity index is 1.44. The summed E-state index contributed by atoms with van der Waals surface area (Å²) in [6.07, 6.45) is -0.611. The Morgan fingerprint density at radius 2 is 1.92 bits per heavy atom. The molecule has 1 aromatic heterocycles. The summed E-state index contributed by atoms with van der Waals surface area (Å²) in [4.78, 5) is 7.29. The van der Waals surface area contributed by atoms with Gasteiger partial charge in [-0.1, -0.05) is 24.3 Å². The predicted octanol–water partition coefficient (Wildman–Crippen LogP) is 2.89. The molecule has 0 unspecified atom stereocenters. The number of fused-ring (bicyclic) bond motifs is 2. The highest BCUT2D eigenvalue weighted by molar-refractivity contribution is 5.29. The van der Waals surface area contributed by atoms with Gasteiger partial charge in [0.05, 0.1) is 24.1 Å². The third kappa shape index (κ3) is 3.01. The van der Waals surface area contributed by atoms with Crippen molar-refractivity contribution in [1.82, 2.24) is 15.3 Å². The van der Waals surface area contributed by atoms with Crippen molar-refractivity contribution < 1.29 is 17.9 Å². The number of aromatic nitrogens is 2. The Bertz CT molecular complexity index is 715. The Hall–Kier alpha value is -1.99. The molecule has 126 valence electrons. The van der Waals surface area contributed by atoms with Gasteiger partial charge in [0.2, 0.25) is 0 Å². The zero-order valence-electron chi connectivity index (χ0n) is 12.8. The van der Waals surface area contributed by atoms with Crippen LogP contribution < -0.4 is 5.32 Å². The highest BCUT2D eigenvalue weighted by Gasteiger charge is 2.41. The van der Waals surface area contributed by atoms with Crippen LogP contribution in [0.25, 0.3) is 0 Å². The van der Waals surface area contributed by atoms with Crippen LogP contribution in [0.15, 0.2) is 36.7 Å². The molecule has 24 heavy (non-hydrogen) atoms. The molecule has 2 aliphatic rings. The van der Waals surface area contributed by atoms with Crippen molar-refractivity contribution >= 4 is 0 Å². The van der Waals surface area contributed by atoms with Gasteiger partial charge < -0.3 is 10.1 Å². The molecule has 0 amide bonds. The molecule has 4 nitrogen and oxygen atoms in total. The van der Waals surface area contributed by atoms with Gasteiger partial charge in [-0.2, -0.15) is 13.2 Å². The van der Waals surface area contributed by atoms with Crippen molar-refractivity contribution in [1.29, 1.82) is 0 Å². The third-order valence-corrected chi connectivity index (χ3v) is 4.52. The van der Waals surface area contributed by atoms with Gasteiger partial charge in [0, 0.05) is 25.2 Å². The highest BCUT2D eigenvalue weighted by atomic mass is 19.4. The smallest absolute Gasteiger partial charge is 0.367 e. The number of rotatable bonds is 3. The monoisotopic (exact) mass is 335 g/mol. The molecule has 2 saturated heterocycles. The number of halogens is 3. The summed E-state index contributed by atoms with van der Waals surface area (Å²) < 4.78 is 43.4. The van der Waals surface area contributed by atoms with Gasteiger partial charge in [-0.15, -0.1) is 0 Å². The molecule has 3 atom stereocenters. The Labute approximate surface area is 137 Å². The van der Waals surface area contributed by atoms with Crippen molar-refractivity contribution in [2.45, 2.75) is 37.3 Å². The first-order valence-corrected chi connectivity index (χ1v) is 7.85. The van der Waals surface area contributed by atoms with Crippen LogP contribution in [0.5, 0.6) is 0 Å². The minimum Gasteiger partial charge on any atom is -0.367 e. The number of benzene rings is 1. The fourth-order valence-corrected chi connectivity index (χ4v) is 3.31. The van der Waals surface area contributed by atoms with E-state index in [1.165, 1.54) is 6.20 Å². The van der Waals surface area contributed by atoms with E-state index >= 15 is 0 Å². The Morgan fingerprint density at radius 3 is 2.46 bits per heavy atom. The average Bonchev–Trinajstić information content (AvgIpc) is 3.18. The molecule has 0 spiro atoms. The molecule has 1 N–H and O–H groups in total. The van der Waals surface area contributed by atoms with Crippen molar-refractivity contribution in [3.8, 4) is 0 Å². The van der Waals surface area contributed by atoms with E-state index in [-0.39, 0.29) is 6.10 Å². The van der Waals surface area contributed by atoms with Crippen LogP contribution in [-0.4, -0.2) is 28.7 Å². The van der Waals surface area contributed by atoms with Crippen LogP contribution >= 0.6 is 0 Å². The van der Waals surface area contributed by atoms with Gasteiger partial charge in [0.25, 0.3) is 0 Å². The predicted molar refractivity (Wildman–Crippen MR) is 80.3 cm³/mol. The van der Waals surface area contributed by atoms with E-state index in [4.69, 9.17) is 4.74 Å². The maximum absolute atomic E-state index is 12.5. The summed E-state index contributed by atoms with van der Waals surface area (Å²) in [6, 6.07) is 8.33. The molecule has 2 aromatic rings. The lowest BCUT2D eigenvalue weighted by Crippen LogP contribution is -2.33. The van der Waals surface area contributed by atoms with Crippen LogP contribution in [-0.2, 0) is 17.3 Å². The van der Waals surface area contributed by atoms with Gasteiger partial charge in [-0.3, -0.25) is 4.98 Å². The van der Waals surface area contributed by atoms with Crippen LogP contribution in [0.3, 0.4) is 0 Å². The molecule has 0 saturated carbocycles. The van der Waals surface area contributed by atoms with E-state index < -0.39 is 11.9 Å². The number of hydrogen-bond donors (Lipinski definition) is 1. The molecule has 0 aliphatic carbocycles. The highest BCUT2D eigenvalue weighted by Crippen LogP contribution is 2.36. The molecule has 3 heterocycles. The van der Waals surface area contributed by atoms with Gasteiger partial charge >= 0.3 is 6.18 Å². The largest absolute Gasteiger partial charge is 0.434 e. The van der Waals surface area contributed by atoms with Crippen molar-refractivity contribution in [2.24, 2.45) is 0 Å². The zero-order chi connectivity index (χ0) is 16.7. The molecular formula is C17H16F3N3O. The molecule has 7 heteroatoms. The summed E-state index contributed by atoms with van der Waals surface area (Å²) in [5, 5.41) is 3.44. The SMILES string of the molecule is FC(F)(F)c1cnc(Cc2ccc([C@@H]3O[C@H]4CN[C@@H]3C4)cc2)cn1. The number of nitrogens with zero attached hydrogens (tertiary/aromatic N) is 2. The van der Waals surface area contributed by atoms with E-state index in [0.717, 1.165) is 30.3 Å². The molecular weight excluding hydrogens is 319 g/mol. The van der Waals surface area contributed by atoms with E-state index in [1.807, 2.05) is 24.3 Å². The van der Waals surface area contributed by atoms with Crippen LogP contribution in [0.4, 0.5) is 13.2 Å². The number of morpholine rings is 1. The Morgan fingerprint density at radius 1 is 1.12 bits per heavy atom. The second-order valence-corrected chi connectivity index (χ2v) is 6.24. The standard InChI is InChI=1S/C17H16F3N3O/c18-17(19,20)15-9-21-12(7-23-15)5-10-1-3-11(4-2-10)16-14-6-13(24-16)8-22-14/h1-4,7,9,13-14,16,22H,5-6,8H2/t13-,14-,16+/m1/s1. The van der Waals surface area contributed by atoms with Gasteiger partial charge in [-0.05, 0) is 17.5 Å². The van der Waals surface area contributed by atoms with Crippen LogP contribution in [0.2, 0.25) is 0 Å². The number of nitrogens with one attached hydrogen (secondary N) is 1. The first-order chi connectivity index (χ1) is 11.5. The third-order valence-electron chi connectivity index (χ3n) is 4.52. The number of ether oxygens (including phenoxy) is 1. The number of alkyl halides is 3. The second kappa shape index (κ2) is 5.82. The summed E-state index contributed by atoms with van der Waals surface area (Å²) in [7, 11) is 0. The summed E-state index contributed by atoms with van der Waals surface area (Å²) >= 11 is 0. The van der Waals surface area contributed by atoms with Crippen molar-refractivity contribution in [3.05, 3.63) is 59.2 Å². The van der Waals surface area contributed by atoms with E-state index in [2.05, 4.69) is 15.3 Å². The normalized spacial score (nSPS) is 26.0. The fourth-order valence-electron chi connectivity index (χ4n) is 3.31. The Kier molecular flexibility index (Phi) is 3.77. The maximum Gasteiger partial charge on any atom is 0.434 e. The summed E-state index contributed by atoms with van der Waals surface area (Å²) in [5.41, 5.74) is 1.64. The quantitative estimate of drug-likeness (QED) is 0.937. The van der Waals surface area contributed by atoms with E-state index in [1.54, 1.807) is 0 Å². The minimum absolute atomic E-state index is 0.0867. The van der Waals surface area contributed by atoms with Crippen LogP contribution in [0, 0.1) is 0 Å². The molecule has 4 rings (SSSR count). The lowest BCUT2D eigenvalue weighted by Gasteiger charge is -2.23. The van der Waals surface area contributed by atoms with Crippen LogP contribution in [0.1, 0.15) is 35.0 Å². The maximum atomic E-state index is 12.5. The first kappa shape index (κ1) is 15.5. The first-order valence-electron chi connectivity index (χ1n) is 7.85. The van der Waals surface area contributed by atoms with Crippen molar-refractivity contribution in [2.75, 3.05) is 6.54 Å². The van der Waals surface area contributed by atoms with Gasteiger partial charge in [0.1, 0.15) is 0 Å². The molecule has 2 aliphatic heterocycles. The zero-order valence-corrected chi connectivity index (χ0v) is 12.8. The number of hydrogen-bond acceptors (Lipinski definition) is 4. The molecule has 2 bridgehead atoms. The summed E-state index contributed by atoms with van der Waals surface area (Å²) in [5.74, 6) is 0. The molecule has 2 fully saturated rings. The lowest BCUT2D eigenvalue weighted by molar-refractivity contribution is -0.141. The topological polar surface area (TPSA) is 47.0 Å². The van der Waals surface area contributed by atoms with E-state index in [9.17, 15) is 13.2 Å².